The van der Waals surface area contributed by atoms with Crippen molar-refractivity contribution in [3.05, 3.63) is 39.4 Å². The van der Waals surface area contributed by atoms with Gasteiger partial charge in [-0.15, -0.1) is 0 Å². The average Bonchev–Trinajstić information content (AvgIpc) is 2.16. The molecular weight excluding hydrogens is 225 g/mol. The Hall–Kier alpha value is -1.63. The zero-order valence-electron chi connectivity index (χ0n) is 8.12. The van der Waals surface area contributed by atoms with Crippen LogP contribution in [0.15, 0.2) is 18.2 Å². The molecular formula is C9H9F3N2O2. The highest BCUT2D eigenvalue weighted by Crippen LogP contribution is 2.32. The Morgan fingerprint density at radius 3 is 2.38 bits per heavy atom. The van der Waals surface area contributed by atoms with Gasteiger partial charge in [-0.25, -0.2) is 0 Å². The van der Waals surface area contributed by atoms with Crippen LogP contribution in [0.25, 0.3) is 0 Å². The van der Waals surface area contributed by atoms with Crippen molar-refractivity contribution in [1.82, 2.24) is 0 Å². The predicted molar refractivity (Wildman–Crippen MR) is 50.9 cm³/mol. The molecule has 1 rings (SSSR count). The van der Waals surface area contributed by atoms with Gasteiger partial charge in [-0.2, -0.15) is 13.2 Å². The van der Waals surface area contributed by atoms with Crippen LogP contribution in [-0.2, 0) is 12.6 Å². The van der Waals surface area contributed by atoms with Gasteiger partial charge in [0.1, 0.15) is 0 Å². The van der Waals surface area contributed by atoms with Gasteiger partial charge in [-0.05, 0) is 24.6 Å². The topological polar surface area (TPSA) is 69.2 Å². The van der Waals surface area contributed by atoms with Crippen LogP contribution in [0.1, 0.15) is 11.1 Å². The van der Waals surface area contributed by atoms with Gasteiger partial charge < -0.3 is 5.73 Å². The molecule has 1 aromatic carbocycles. The number of halogens is 3. The Kier molecular flexibility index (Phi) is 3.48. The Morgan fingerprint density at radius 1 is 1.31 bits per heavy atom. The first-order chi connectivity index (χ1) is 7.34. The molecule has 2 N–H and O–H groups in total. The zero-order chi connectivity index (χ0) is 12.3. The zero-order valence-corrected chi connectivity index (χ0v) is 8.12. The number of benzene rings is 1. The molecule has 0 saturated carbocycles. The van der Waals surface area contributed by atoms with E-state index in [4.69, 9.17) is 5.73 Å². The van der Waals surface area contributed by atoms with Crippen LogP contribution in [0.4, 0.5) is 18.9 Å². The van der Waals surface area contributed by atoms with E-state index in [2.05, 4.69) is 0 Å². The molecule has 4 nitrogen and oxygen atoms in total. The van der Waals surface area contributed by atoms with Crippen LogP contribution >= 0.6 is 0 Å². The smallest absolute Gasteiger partial charge is 0.330 e. The number of nitro groups is 1. The summed E-state index contributed by atoms with van der Waals surface area (Å²) >= 11 is 0. The number of nitrogens with zero attached hydrogens (tertiary/aromatic N) is 1. The second-order valence-electron chi connectivity index (χ2n) is 3.18. The normalized spacial score (nSPS) is 11.5. The molecule has 7 heteroatoms. The molecule has 0 fully saturated rings. The molecule has 0 atom stereocenters. The fourth-order valence-corrected chi connectivity index (χ4v) is 1.25. The number of nitro benzene ring substituents is 1. The first kappa shape index (κ1) is 12.4. The van der Waals surface area contributed by atoms with Crippen molar-refractivity contribution in [3.8, 4) is 0 Å². The SMILES string of the molecule is NCCc1cc([N+](=O)[O-])cc(C(F)(F)F)c1. The molecule has 0 amide bonds. The fraction of sp³-hybridized carbons (Fsp3) is 0.333. The highest BCUT2D eigenvalue weighted by Gasteiger charge is 2.32. The summed E-state index contributed by atoms with van der Waals surface area (Å²) in [5, 5.41) is 10.4. The van der Waals surface area contributed by atoms with Gasteiger partial charge in [-0.1, -0.05) is 0 Å². The van der Waals surface area contributed by atoms with Gasteiger partial charge in [0.15, 0.2) is 0 Å². The third kappa shape index (κ3) is 2.93. The summed E-state index contributed by atoms with van der Waals surface area (Å²) in [7, 11) is 0. The lowest BCUT2D eigenvalue weighted by Crippen LogP contribution is -2.09. The van der Waals surface area contributed by atoms with E-state index >= 15 is 0 Å². The minimum atomic E-state index is -4.59. The van der Waals surface area contributed by atoms with E-state index in [0.717, 1.165) is 12.1 Å². The van der Waals surface area contributed by atoms with E-state index in [-0.39, 0.29) is 18.5 Å². The Morgan fingerprint density at radius 2 is 1.94 bits per heavy atom. The summed E-state index contributed by atoms with van der Waals surface area (Å²) in [6, 6.07) is 2.49. The lowest BCUT2D eigenvalue weighted by Gasteiger charge is -2.08. The summed E-state index contributed by atoms with van der Waals surface area (Å²) in [6.07, 6.45) is -4.42. The molecule has 1 aromatic rings. The molecule has 0 radical (unpaired) electrons. The number of hydrogen-bond acceptors (Lipinski definition) is 3. The van der Waals surface area contributed by atoms with Gasteiger partial charge in [0.2, 0.25) is 0 Å². The largest absolute Gasteiger partial charge is 0.416 e. The lowest BCUT2D eigenvalue weighted by atomic mass is 10.1. The minimum absolute atomic E-state index is 0.137. The maximum Gasteiger partial charge on any atom is 0.416 e. The van der Waals surface area contributed by atoms with E-state index in [1.165, 1.54) is 0 Å². The van der Waals surface area contributed by atoms with Crippen LogP contribution in [0.5, 0.6) is 0 Å². The van der Waals surface area contributed by atoms with Crippen LogP contribution < -0.4 is 5.73 Å². The molecule has 88 valence electrons. The minimum Gasteiger partial charge on any atom is -0.330 e. The molecule has 0 heterocycles. The number of alkyl halides is 3. The molecule has 0 aromatic heterocycles. The third-order valence-corrected chi connectivity index (χ3v) is 1.95. The summed E-state index contributed by atoms with van der Waals surface area (Å²) in [5.41, 5.74) is 3.81. The van der Waals surface area contributed by atoms with Crippen molar-refractivity contribution in [2.75, 3.05) is 6.54 Å². The number of nitrogens with two attached hydrogens (primary N) is 1. The molecule has 0 aliphatic rings. The summed E-state index contributed by atoms with van der Waals surface area (Å²) in [4.78, 5) is 9.59. The Labute approximate surface area is 89.0 Å². The van der Waals surface area contributed by atoms with Gasteiger partial charge in [0.05, 0.1) is 10.5 Å². The predicted octanol–water partition coefficient (Wildman–Crippen LogP) is 2.11. The Balaban J connectivity index is 3.24. The van der Waals surface area contributed by atoms with Gasteiger partial charge in [0, 0.05) is 12.1 Å². The van der Waals surface area contributed by atoms with Crippen molar-refractivity contribution < 1.29 is 18.1 Å². The van der Waals surface area contributed by atoms with Crippen molar-refractivity contribution in [3.63, 3.8) is 0 Å². The highest BCUT2D eigenvalue weighted by atomic mass is 19.4. The monoisotopic (exact) mass is 234 g/mol. The molecule has 0 bridgehead atoms. The van der Waals surface area contributed by atoms with Gasteiger partial charge in [-0.3, -0.25) is 10.1 Å². The lowest BCUT2D eigenvalue weighted by molar-refractivity contribution is -0.385. The first-order valence-electron chi connectivity index (χ1n) is 4.40. The molecule has 0 aliphatic carbocycles. The average molecular weight is 234 g/mol. The third-order valence-electron chi connectivity index (χ3n) is 1.95. The van der Waals surface area contributed by atoms with E-state index in [0.29, 0.717) is 6.07 Å². The number of rotatable bonds is 3. The van der Waals surface area contributed by atoms with E-state index in [1.807, 2.05) is 0 Å². The van der Waals surface area contributed by atoms with Crippen molar-refractivity contribution in [1.29, 1.82) is 0 Å². The van der Waals surface area contributed by atoms with Crippen LogP contribution in [0, 0.1) is 10.1 Å². The maximum atomic E-state index is 12.4. The van der Waals surface area contributed by atoms with E-state index < -0.39 is 22.4 Å². The highest BCUT2D eigenvalue weighted by molar-refractivity contribution is 5.40. The second kappa shape index (κ2) is 4.48. The summed E-state index contributed by atoms with van der Waals surface area (Å²) in [5.74, 6) is 0. The molecule has 0 spiro atoms. The second-order valence-corrected chi connectivity index (χ2v) is 3.18. The van der Waals surface area contributed by atoms with Gasteiger partial charge >= 0.3 is 6.18 Å². The first-order valence-corrected chi connectivity index (χ1v) is 4.40. The number of hydrogen-bond donors (Lipinski definition) is 1. The van der Waals surface area contributed by atoms with E-state index in [9.17, 15) is 23.3 Å². The summed E-state index contributed by atoms with van der Waals surface area (Å²) in [6.45, 7) is 0.137. The van der Waals surface area contributed by atoms with Crippen LogP contribution in [-0.4, -0.2) is 11.5 Å². The quantitative estimate of drug-likeness (QED) is 0.643. The van der Waals surface area contributed by atoms with Crippen molar-refractivity contribution in [2.45, 2.75) is 12.6 Å². The van der Waals surface area contributed by atoms with Crippen molar-refractivity contribution in [2.24, 2.45) is 5.73 Å². The van der Waals surface area contributed by atoms with E-state index in [1.54, 1.807) is 0 Å². The fourth-order valence-electron chi connectivity index (χ4n) is 1.25. The maximum absolute atomic E-state index is 12.4. The standard InChI is InChI=1S/C9H9F3N2O2/c10-9(11,12)7-3-6(1-2-13)4-8(5-7)14(15)16/h3-5H,1-2,13H2. The van der Waals surface area contributed by atoms with Crippen LogP contribution in [0.3, 0.4) is 0 Å². The van der Waals surface area contributed by atoms with Crippen LogP contribution in [0.2, 0.25) is 0 Å². The summed E-state index contributed by atoms with van der Waals surface area (Å²) < 4.78 is 37.2. The van der Waals surface area contributed by atoms with Crippen molar-refractivity contribution >= 4 is 5.69 Å². The molecule has 0 aliphatic heterocycles. The molecule has 0 unspecified atom stereocenters. The molecule has 16 heavy (non-hydrogen) atoms. The Bertz CT molecular complexity index is 404. The molecule has 0 saturated heterocycles. The van der Waals surface area contributed by atoms with Gasteiger partial charge in [0.25, 0.3) is 5.69 Å². The number of non-ortho nitro benzene ring substituents is 1.